The Morgan fingerprint density at radius 3 is 2.57 bits per heavy atom. The van der Waals surface area contributed by atoms with Gasteiger partial charge >= 0.3 is 5.97 Å². The van der Waals surface area contributed by atoms with E-state index < -0.39 is 17.5 Å². The van der Waals surface area contributed by atoms with Crippen LogP contribution < -0.4 is 4.74 Å². The molecule has 0 spiro atoms. The van der Waals surface area contributed by atoms with Crippen molar-refractivity contribution < 1.29 is 29.3 Å². The van der Waals surface area contributed by atoms with Gasteiger partial charge in [0.25, 0.3) is 5.91 Å². The molecule has 7 nitrogen and oxygen atoms in total. The summed E-state index contributed by atoms with van der Waals surface area (Å²) in [7, 11) is 2.77. The summed E-state index contributed by atoms with van der Waals surface area (Å²) >= 11 is 0. The summed E-state index contributed by atoms with van der Waals surface area (Å²) in [6, 6.07) is 4.32. The number of aliphatic carboxylic acids is 1. The maximum absolute atomic E-state index is 12.4. The van der Waals surface area contributed by atoms with Crippen LogP contribution in [0.1, 0.15) is 16.8 Å². The number of amides is 1. The number of carbonyl (C=O) groups excluding carboxylic acids is 1. The van der Waals surface area contributed by atoms with E-state index in [-0.39, 0.29) is 30.8 Å². The highest BCUT2D eigenvalue weighted by Gasteiger charge is 2.47. The van der Waals surface area contributed by atoms with Crippen LogP contribution in [-0.2, 0) is 9.53 Å². The van der Waals surface area contributed by atoms with Crippen LogP contribution in [0.3, 0.4) is 0 Å². The van der Waals surface area contributed by atoms with Crippen LogP contribution in [0, 0.1) is 0 Å². The van der Waals surface area contributed by atoms with Gasteiger partial charge in [0.15, 0.2) is 5.60 Å². The van der Waals surface area contributed by atoms with Crippen LogP contribution in [-0.4, -0.2) is 59.9 Å². The average molecular weight is 295 g/mol. The fourth-order valence-electron chi connectivity index (χ4n) is 2.37. The van der Waals surface area contributed by atoms with Crippen molar-refractivity contribution >= 4 is 11.9 Å². The van der Waals surface area contributed by atoms with Gasteiger partial charge in [-0.2, -0.15) is 0 Å². The van der Waals surface area contributed by atoms with Crippen molar-refractivity contribution in [1.29, 1.82) is 0 Å². The van der Waals surface area contributed by atoms with Crippen molar-refractivity contribution in [2.75, 3.05) is 27.3 Å². The number of phenols is 1. The smallest absolute Gasteiger partial charge is 0.337 e. The zero-order valence-corrected chi connectivity index (χ0v) is 11.8. The third kappa shape index (κ3) is 2.64. The highest BCUT2D eigenvalue weighted by atomic mass is 16.5. The molecular weight excluding hydrogens is 278 g/mol. The van der Waals surface area contributed by atoms with Gasteiger partial charge in [0.1, 0.15) is 11.5 Å². The Bertz CT molecular complexity index is 573. The zero-order valence-electron chi connectivity index (χ0n) is 11.8. The minimum atomic E-state index is -1.38. The Morgan fingerprint density at radius 1 is 1.33 bits per heavy atom. The van der Waals surface area contributed by atoms with Gasteiger partial charge in [0.2, 0.25) is 0 Å². The van der Waals surface area contributed by atoms with Gasteiger partial charge < -0.3 is 24.6 Å². The molecule has 0 saturated carbocycles. The van der Waals surface area contributed by atoms with Gasteiger partial charge in [-0.25, -0.2) is 4.79 Å². The number of benzene rings is 1. The van der Waals surface area contributed by atoms with Gasteiger partial charge in [0.05, 0.1) is 19.2 Å². The van der Waals surface area contributed by atoms with Crippen LogP contribution in [0.15, 0.2) is 18.2 Å². The summed E-state index contributed by atoms with van der Waals surface area (Å²) in [5.74, 6) is -1.29. The summed E-state index contributed by atoms with van der Waals surface area (Å²) in [5, 5.41) is 19.0. The summed E-state index contributed by atoms with van der Waals surface area (Å²) in [4.78, 5) is 25.1. The lowest BCUT2D eigenvalue weighted by atomic mass is 10.0. The van der Waals surface area contributed by atoms with Crippen LogP contribution in [0.2, 0.25) is 0 Å². The van der Waals surface area contributed by atoms with E-state index in [1.807, 2.05) is 0 Å². The molecule has 114 valence electrons. The van der Waals surface area contributed by atoms with Crippen molar-refractivity contribution in [3.63, 3.8) is 0 Å². The van der Waals surface area contributed by atoms with E-state index in [1.54, 1.807) is 0 Å². The number of carboxylic acids is 1. The van der Waals surface area contributed by atoms with Gasteiger partial charge in [-0.3, -0.25) is 4.79 Å². The first-order valence-corrected chi connectivity index (χ1v) is 6.38. The first kappa shape index (κ1) is 15.1. The minimum Gasteiger partial charge on any atom is -0.507 e. The molecule has 1 unspecified atom stereocenters. The Balaban J connectivity index is 2.24. The molecule has 0 radical (unpaired) electrons. The molecule has 1 heterocycles. The monoisotopic (exact) mass is 295 g/mol. The first-order chi connectivity index (χ1) is 9.93. The molecule has 1 aliphatic heterocycles. The maximum Gasteiger partial charge on any atom is 0.337 e. The second kappa shape index (κ2) is 5.61. The molecule has 1 saturated heterocycles. The second-order valence-electron chi connectivity index (χ2n) is 4.86. The third-order valence-corrected chi connectivity index (χ3v) is 3.73. The molecule has 0 aliphatic carbocycles. The first-order valence-electron chi connectivity index (χ1n) is 6.38. The number of nitrogens with zero attached hydrogens (tertiary/aromatic N) is 1. The number of rotatable bonds is 4. The van der Waals surface area contributed by atoms with Crippen molar-refractivity contribution in [1.82, 2.24) is 4.90 Å². The zero-order chi connectivity index (χ0) is 15.6. The molecule has 1 amide bonds. The molecule has 21 heavy (non-hydrogen) atoms. The largest absolute Gasteiger partial charge is 0.507 e. The lowest BCUT2D eigenvalue weighted by Gasteiger charge is -2.23. The number of hydrogen-bond donors (Lipinski definition) is 2. The quantitative estimate of drug-likeness (QED) is 0.849. The van der Waals surface area contributed by atoms with E-state index in [2.05, 4.69) is 0 Å². The molecule has 1 aliphatic rings. The lowest BCUT2D eigenvalue weighted by molar-refractivity contribution is -0.160. The number of carboxylic acid groups (broad SMARTS) is 1. The number of likely N-dealkylation sites (tertiary alicyclic amines) is 1. The van der Waals surface area contributed by atoms with Crippen molar-refractivity contribution in [2.45, 2.75) is 12.0 Å². The predicted octanol–water partition coefficient (Wildman–Crippen LogP) is 0.716. The fraction of sp³-hybridized carbons (Fsp3) is 0.429. The van der Waals surface area contributed by atoms with Crippen LogP contribution >= 0.6 is 0 Å². The average Bonchev–Trinajstić information content (AvgIpc) is 2.93. The van der Waals surface area contributed by atoms with Gasteiger partial charge in [-0.05, 0) is 18.2 Å². The molecule has 1 aromatic rings. The fourth-order valence-corrected chi connectivity index (χ4v) is 2.37. The summed E-state index contributed by atoms with van der Waals surface area (Å²) < 4.78 is 10.1. The Kier molecular flexibility index (Phi) is 4.04. The van der Waals surface area contributed by atoms with Crippen molar-refractivity contribution in [2.24, 2.45) is 0 Å². The third-order valence-electron chi connectivity index (χ3n) is 3.73. The predicted molar refractivity (Wildman–Crippen MR) is 72.6 cm³/mol. The van der Waals surface area contributed by atoms with Gasteiger partial charge in [0, 0.05) is 20.1 Å². The number of hydrogen-bond acceptors (Lipinski definition) is 5. The summed E-state index contributed by atoms with van der Waals surface area (Å²) in [6.07, 6.45) is 0.204. The van der Waals surface area contributed by atoms with Gasteiger partial charge in [-0.1, -0.05) is 0 Å². The van der Waals surface area contributed by atoms with Crippen LogP contribution in [0.5, 0.6) is 11.5 Å². The molecular formula is C14H17NO6. The van der Waals surface area contributed by atoms with Gasteiger partial charge in [-0.15, -0.1) is 0 Å². The topological polar surface area (TPSA) is 96.3 Å². The van der Waals surface area contributed by atoms with Crippen LogP contribution in [0.25, 0.3) is 0 Å². The number of aromatic hydroxyl groups is 1. The number of phenolic OH excluding ortho intramolecular Hbond substituents is 1. The van der Waals surface area contributed by atoms with E-state index in [0.717, 1.165) is 0 Å². The number of ether oxygens (including phenoxy) is 2. The standard InChI is InChI=1S/C14H17NO6/c1-20-9-3-4-11(16)10(7-9)12(17)15-6-5-14(8-15,21-2)13(18)19/h3-4,7,16H,5-6,8H2,1-2H3,(H,18,19). The number of methoxy groups -OCH3 is 2. The summed E-state index contributed by atoms with van der Waals surface area (Å²) in [6.45, 7) is 0.184. The van der Waals surface area contributed by atoms with Crippen molar-refractivity contribution in [3.8, 4) is 11.5 Å². The molecule has 1 fully saturated rings. The minimum absolute atomic E-state index is 0.0612. The molecule has 2 N–H and O–H groups in total. The Hall–Kier alpha value is -2.28. The van der Waals surface area contributed by atoms with E-state index in [0.29, 0.717) is 5.75 Å². The lowest BCUT2D eigenvalue weighted by Crippen LogP contribution is -2.44. The maximum atomic E-state index is 12.4. The van der Waals surface area contributed by atoms with Crippen molar-refractivity contribution in [3.05, 3.63) is 23.8 Å². The van der Waals surface area contributed by atoms with E-state index in [9.17, 15) is 19.8 Å². The highest BCUT2D eigenvalue weighted by molar-refractivity contribution is 5.98. The van der Waals surface area contributed by atoms with E-state index in [4.69, 9.17) is 9.47 Å². The Morgan fingerprint density at radius 2 is 2.05 bits per heavy atom. The van der Waals surface area contributed by atoms with E-state index >= 15 is 0 Å². The molecule has 7 heteroatoms. The molecule has 2 rings (SSSR count). The number of carbonyl (C=O) groups is 2. The Labute approximate surface area is 121 Å². The molecule has 0 bridgehead atoms. The molecule has 1 atom stereocenters. The highest BCUT2D eigenvalue weighted by Crippen LogP contribution is 2.30. The SMILES string of the molecule is COc1ccc(O)c(C(=O)N2CCC(OC)(C(=O)O)C2)c1. The summed E-state index contributed by atoms with van der Waals surface area (Å²) in [5.41, 5.74) is -1.31. The van der Waals surface area contributed by atoms with E-state index in [1.165, 1.54) is 37.3 Å². The second-order valence-corrected chi connectivity index (χ2v) is 4.86. The normalized spacial score (nSPS) is 21.3. The van der Waals surface area contributed by atoms with Crippen LogP contribution in [0.4, 0.5) is 0 Å². The molecule has 0 aromatic heterocycles. The molecule has 1 aromatic carbocycles.